The SMILES string of the molecule is CCc1ncc2c(n1)CN(c1nc(C)cc(C)c1C#N)C2. The highest BCUT2D eigenvalue weighted by Crippen LogP contribution is 2.29. The number of aryl methyl sites for hydroxylation is 3. The molecule has 0 fully saturated rings. The minimum absolute atomic E-state index is 0.650. The zero-order valence-electron chi connectivity index (χ0n) is 12.5. The lowest BCUT2D eigenvalue weighted by atomic mass is 10.1. The van der Waals surface area contributed by atoms with E-state index in [0.29, 0.717) is 18.7 Å². The molecule has 0 saturated heterocycles. The van der Waals surface area contributed by atoms with E-state index in [1.165, 1.54) is 0 Å². The first-order valence-electron chi connectivity index (χ1n) is 7.09. The van der Waals surface area contributed by atoms with Crippen LogP contribution in [0, 0.1) is 25.2 Å². The van der Waals surface area contributed by atoms with Gasteiger partial charge in [-0.25, -0.2) is 15.0 Å². The molecule has 0 spiro atoms. The van der Waals surface area contributed by atoms with Crippen LogP contribution in [0.5, 0.6) is 0 Å². The third kappa shape index (κ3) is 2.33. The minimum atomic E-state index is 0.650. The Balaban J connectivity index is 2.00. The van der Waals surface area contributed by atoms with Gasteiger partial charge < -0.3 is 4.90 Å². The molecular weight excluding hydrogens is 262 g/mol. The average Bonchev–Trinajstić information content (AvgIpc) is 2.89. The van der Waals surface area contributed by atoms with E-state index in [0.717, 1.165) is 40.6 Å². The lowest BCUT2D eigenvalue weighted by molar-refractivity contribution is 0.834. The third-order valence-electron chi connectivity index (χ3n) is 3.76. The number of rotatable bonds is 2. The number of pyridine rings is 1. The van der Waals surface area contributed by atoms with Gasteiger partial charge in [-0.3, -0.25) is 0 Å². The second kappa shape index (κ2) is 5.13. The summed E-state index contributed by atoms with van der Waals surface area (Å²) in [5.74, 6) is 1.62. The molecule has 2 aromatic rings. The van der Waals surface area contributed by atoms with Crippen LogP contribution in [0.15, 0.2) is 12.3 Å². The second-order valence-corrected chi connectivity index (χ2v) is 5.36. The van der Waals surface area contributed by atoms with Crippen molar-refractivity contribution >= 4 is 5.82 Å². The van der Waals surface area contributed by atoms with Gasteiger partial charge in [-0.05, 0) is 25.5 Å². The first kappa shape index (κ1) is 13.5. The molecule has 5 nitrogen and oxygen atoms in total. The Hall–Kier alpha value is -2.48. The molecule has 106 valence electrons. The summed E-state index contributed by atoms with van der Waals surface area (Å²) in [7, 11) is 0. The first-order chi connectivity index (χ1) is 10.1. The number of aromatic nitrogens is 3. The molecule has 21 heavy (non-hydrogen) atoms. The van der Waals surface area contributed by atoms with Crippen molar-refractivity contribution in [1.82, 2.24) is 15.0 Å². The monoisotopic (exact) mass is 279 g/mol. The molecule has 0 aromatic carbocycles. The molecule has 0 radical (unpaired) electrons. The van der Waals surface area contributed by atoms with Crippen LogP contribution >= 0.6 is 0 Å². The number of nitriles is 1. The van der Waals surface area contributed by atoms with Crippen LogP contribution in [0.1, 0.15) is 40.8 Å². The quantitative estimate of drug-likeness (QED) is 0.844. The van der Waals surface area contributed by atoms with Crippen LogP contribution < -0.4 is 4.90 Å². The van der Waals surface area contributed by atoms with Crippen molar-refractivity contribution in [3.8, 4) is 6.07 Å². The van der Waals surface area contributed by atoms with Gasteiger partial charge >= 0.3 is 0 Å². The molecule has 0 aliphatic carbocycles. The topological polar surface area (TPSA) is 65.7 Å². The van der Waals surface area contributed by atoms with Crippen molar-refractivity contribution in [2.45, 2.75) is 40.3 Å². The van der Waals surface area contributed by atoms with Crippen molar-refractivity contribution in [3.05, 3.63) is 46.2 Å². The van der Waals surface area contributed by atoms with E-state index in [9.17, 15) is 5.26 Å². The van der Waals surface area contributed by atoms with Crippen LogP contribution in [0.4, 0.5) is 5.82 Å². The molecule has 0 saturated carbocycles. The first-order valence-corrected chi connectivity index (χ1v) is 7.09. The molecule has 1 aliphatic heterocycles. The fourth-order valence-corrected chi connectivity index (χ4v) is 2.70. The molecule has 0 N–H and O–H groups in total. The van der Waals surface area contributed by atoms with Crippen LogP contribution in [0.3, 0.4) is 0 Å². The fraction of sp³-hybridized carbons (Fsp3) is 0.375. The summed E-state index contributed by atoms with van der Waals surface area (Å²) in [5.41, 5.74) is 4.72. The molecule has 3 rings (SSSR count). The fourth-order valence-electron chi connectivity index (χ4n) is 2.70. The summed E-state index contributed by atoms with van der Waals surface area (Å²) in [4.78, 5) is 15.6. The molecule has 3 heterocycles. The van der Waals surface area contributed by atoms with Gasteiger partial charge in [0, 0.05) is 30.4 Å². The predicted octanol–water partition coefficient (Wildman–Crippen LogP) is 2.44. The van der Waals surface area contributed by atoms with Crippen LogP contribution in [0.2, 0.25) is 0 Å². The maximum absolute atomic E-state index is 9.40. The van der Waals surface area contributed by atoms with Crippen molar-refractivity contribution < 1.29 is 0 Å². The zero-order valence-corrected chi connectivity index (χ0v) is 12.5. The molecule has 0 bridgehead atoms. The molecule has 2 aromatic heterocycles. The highest BCUT2D eigenvalue weighted by molar-refractivity contribution is 5.59. The predicted molar refractivity (Wildman–Crippen MR) is 79.7 cm³/mol. The van der Waals surface area contributed by atoms with Gasteiger partial charge in [-0.15, -0.1) is 0 Å². The summed E-state index contributed by atoms with van der Waals surface area (Å²) in [6, 6.07) is 4.22. The molecule has 1 aliphatic rings. The molecule has 5 heteroatoms. The van der Waals surface area contributed by atoms with E-state index < -0.39 is 0 Å². The van der Waals surface area contributed by atoms with Crippen LogP contribution in [-0.2, 0) is 19.5 Å². The average molecular weight is 279 g/mol. The summed E-state index contributed by atoms with van der Waals surface area (Å²) in [6.45, 7) is 7.36. The minimum Gasteiger partial charge on any atom is -0.345 e. The number of anilines is 1. The van der Waals surface area contributed by atoms with Crippen molar-refractivity contribution in [2.24, 2.45) is 0 Å². The van der Waals surface area contributed by atoms with Crippen molar-refractivity contribution in [1.29, 1.82) is 5.26 Å². The Labute approximate surface area is 124 Å². The Morgan fingerprint density at radius 1 is 1.29 bits per heavy atom. The normalized spacial score (nSPS) is 13.1. The summed E-state index contributed by atoms with van der Waals surface area (Å²) < 4.78 is 0. The molecular formula is C16H17N5. The molecule has 0 amide bonds. The Kier molecular flexibility index (Phi) is 3.30. The van der Waals surface area contributed by atoms with Gasteiger partial charge in [0.1, 0.15) is 17.7 Å². The van der Waals surface area contributed by atoms with E-state index in [1.54, 1.807) is 0 Å². The van der Waals surface area contributed by atoms with Gasteiger partial charge in [0.15, 0.2) is 0 Å². The standard InChI is InChI=1S/C16H17N5/c1-4-15-18-7-12-8-21(9-14(12)20-15)16-13(6-17)10(2)5-11(3)19-16/h5,7H,4,8-9H2,1-3H3. The largest absolute Gasteiger partial charge is 0.345 e. The van der Waals surface area contributed by atoms with E-state index in [2.05, 4.69) is 25.9 Å². The number of fused-ring (bicyclic) bond motifs is 1. The maximum atomic E-state index is 9.40. The highest BCUT2D eigenvalue weighted by Gasteiger charge is 2.25. The summed E-state index contributed by atoms with van der Waals surface area (Å²) >= 11 is 0. The second-order valence-electron chi connectivity index (χ2n) is 5.36. The number of hydrogen-bond donors (Lipinski definition) is 0. The van der Waals surface area contributed by atoms with E-state index in [-0.39, 0.29) is 0 Å². The Bertz CT molecular complexity index is 745. The van der Waals surface area contributed by atoms with Gasteiger partial charge in [0.2, 0.25) is 0 Å². The Morgan fingerprint density at radius 2 is 2.10 bits per heavy atom. The zero-order chi connectivity index (χ0) is 15.0. The lowest BCUT2D eigenvalue weighted by Crippen LogP contribution is -2.18. The van der Waals surface area contributed by atoms with Gasteiger partial charge in [0.05, 0.1) is 17.8 Å². The van der Waals surface area contributed by atoms with Crippen LogP contribution in [-0.4, -0.2) is 15.0 Å². The van der Waals surface area contributed by atoms with E-state index >= 15 is 0 Å². The molecule has 0 atom stereocenters. The summed E-state index contributed by atoms with van der Waals surface area (Å²) in [6.07, 6.45) is 2.73. The Morgan fingerprint density at radius 3 is 2.81 bits per heavy atom. The third-order valence-corrected chi connectivity index (χ3v) is 3.76. The van der Waals surface area contributed by atoms with Gasteiger partial charge in [0.25, 0.3) is 0 Å². The van der Waals surface area contributed by atoms with Gasteiger partial charge in [-0.2, -0.15) is 5.26 Å². The van der Waals surface area contributed by atoms with Crippen LogP contribution in [0.25, 0.3) is 0 Å². The number of nitrogens with zero attached hydrogens (tertiary/aromatic N) is 5. The van der Waals surface area contributed by atoms with E-state index in [4.69, 9.17) is 0 Å². The molecule has 0 unspecified atom stereocenters. The van der Waals surface area contributed by atoms with Crippen molar-refractivity contribution in [3.63, 3.8) is 0 Å². The number of hydrogen-bond acceptors (Lipinski definition) is 5. The van der Waals surface area contributed by atoms with Gasteiger partial charge in [-0.1, -0.05) is 6.92 Å². The lowest BCUT2D eigenvalue weighted by Gasteiger charge is -2.19. The summed E-state index contributed by atoms with van der Waals surface area (Å²) in [5, 5.41) is 9.40. The van der Waals surface area contributed by atoms with E-state index in [1.807, 2.05) is 33.0 Å². The smallest absolute Gasteiger partial charge is 0.147 e. The maximum Gasteiger partial charge on any atom is 0.147 e. The highest BCUT2D eigenvalue weighted by atomic mass is 15.2. The van der Waals surface area contributed by atoms with Crippen molar-refractivity contribution in [2.75, 3.05) is 4.90 Å².